The lowest BCUT2D eigenvalue weighted by molar-refractivity contribution is -0.113. The van der Waals surface area contributed by atoms with E-state index in [4.69, 9.17) is 20.9 Å². The molecule has 0 aliphatic carbocycles. The van der Waals surface area contributed by atoms with Gasteiger partial charge >= 0.3 is 12.2 Å². The molecule has 2 aromatic rings. The number of carbonyl (C=O) groups is 4. The van der Waals surface area contributed by atoms with Crippen LogP contribution in [0, 0.1) is 59.0 Å². The van der Waals surface area contributed by atoms with Crippen molar-refractivity contribution in [1.29, 1.82) is 0 Å². The van der Waals surface area contributed by atoms with E-state index >= 15 is 0 Å². The number of ether oxygens (including phenoxy) is 2. The van der Waals surface area contributed by atoms with Crippen LogP contribution in [-0.4, -0.2) is 87.2 Å². The first-order valence-corrected chi connectivity index (χ1v) is 25.4. The second kappa shape index (κ2) is 29.4. The molecule has 0 saturated carbocycles. The zero-order valence-corrected chi connectivity index (χ0v) is 44.2. The highest BCUT2D eigenvalue weighted by Crippen LogP contribution is 2.34. The molecule has 0 spiro atoms. The lowest BCUT2D eigenvalue weighted by Crippen LogP contribution is -2.33. The Morgan fingerprint density at radius 2 is 1.05 bits per heavy atom. The fourth-order valence-electron chi connectivity index (χ4n) is 9.99. The molecule has 0 radical (unpaired) electrons. The van der Waals surface area contributed by atoms with Crippen molar-refractivity contribution in [3.63, 3.8) is 0 Å². The summed E-state index contributed by atoms with van der Waals surface area (Å²) in [5.74, 6) is -4.09. The van der Waals surface area contributed by atoms with E-state index in [1.807, 2.05) is 40.7 Å². The molecule has 4 rings (SSSR count). The van der Waals surface area contributed by atoms with Gasteiger partial charge in [-0.3, -0.25) is 9.59 Å². The molecule has 11 N–H and O–H groups in total. The average Bonchev–Trinajstić information content (AvgIpc) is 3.31. The van der Waals surface area contributed by atoms with Gasteiger partial charge in [0, 0.05) is 59.4 Å². The molecule has 15 nitrogen and oxygen atoms in total. The summed E-state index contributed by atoms with van der Waals surface area (Å²) in [7, 11) is 0. The maximum Gasteiger partial charge on any atom is 0.405 e. The molecule has 0 unspecified atom stereocenters. The summed E-state index contributed by atoms with van der Waals surface area (Å²) >= 11 is 0. The number of nitrogens with one attached hydrogen (secondary N) is 2. The Bertz CT molecular complexity index is 2300. The van der Waals surface area contributed by atoms with E-state index in [1.165, 1.54) is 30.3 Å². The van der Waals surface area contributed by atoms with Crippen molar-refractivity contribution < 1.29 is 63.0 Å². The van der Waals surface area contributed by atoms with Crippen molar-refractivity contribution in [3.05, 3.63) is 106 Å². The fraction of sp³-hybridized carbons (Fsp3) is 0.571. The SMILES string of the molecule is C/C1=C\CC[C@H](C)[C@@H](OC(N)=O)/C(C)=C/[C@H](C)[C@@H](O)[C@@H](CO)C[C@H](C)Cc2cc(F)cc(c2)NC1=O.C/C1=C\CC[C@H](C)[C@@H](OC(N)=O)/C(C)=C/[C@H](C)[C@@H](O)[C@@H](CO)C[C@H](C)[C@@H](O)c2cc(F)cc(c2)NC1=O. The zero-order valence-electron chi connectivity index (χ0n) is 44.2. The van der Waals surface area contributed by atoms with E-state index < -0.39 is 83.9 Å². The van der Waals surface area contributed by atoms with Crippen LogP contribution in [0.1, 0.15) is 125 Å². The molecule has 4 amide bonds. The first-order valence-electron chi connectivity index (χ1n) is 25.4. The number of benzene rings is 2. The molecule has 17 heteroatoms. The van der Waals surface area contributed by atoms with Crippen molar-refractivity contribution in [2.24, 2.45) is 58.8 Å². The van der Waals surface area contributed by atoms with Crippen molar-refractivity contribution >= 4 is 35.4 Å². The van der Waals surface area contributed by atoms with Crippen LogP contribution in [0.2, 0.25) is 0 Å². The van der Waals surface area contributed by atoms with Crippen molar-refractivity contribution in [1.82, 2.24) is 0 Å². The number of rotatable bonds is 4. The van der Waals surface area contributed by atoms with Crippen LogP contribution in [-0.2, 0) is 25.5 Å². The van der Waals surface area contributed by atoms with Gasteiger partial charge in [0.1, 0.15) is 23.8 Å². The van der Waals surface area contributed by atoms with E-state index in [0.717, 1.165) is 11.1 Å². The Labute approximate surface area is 430 Å². The van der Waals surface area contributed by atoms with Crippen LogP contribution >= 0.6 is 0 Å². The molecule has 406 valence electrons. The summed E-state index contributed by atoms with van der Waals surface area (Å²) in [6, 6.07) is 8.39. The standard InChI is InChI=1S/C28H41FN2O6.C28H41FN2O5/c1-15-7-6-8-16(2)27(35)31-23-12-20(11-22(29)13-23)24(33)18(4)10-21(14-32)25(34)17(3)9-19(5)26(15)37-28(30)36;1-16-9-21-12-23(29)14-24(13-21)31-27(34)18(3)8-6-7-17(2)26(36-28(30)35)20(5)11-19(4)25(33)22(10-16)15-32/h8-9,11-13,15,17-18,21,24-26,32-34H,6-7,10,14H2,1-5H3,(H2,30,36)(H,31,35);8,11-14,16-17,19,22,25-26,32-33H,6-7,9-10,15H2,1-5H3,(H2,30,35)(H,31,34)/b16-8+,19-9+;18-8+,20-11+/t15-,17-,18-,21+,24+,25+,26+;16-,17+,19+,22-,25-,26-/m01/s1. The number of anilines is 2. The van der Waals surface area contributed by atoms with E-state index in [-0.39, 0.29) is 60.5 Å². The number of aliphatic hydroxyl groups excluding tert-OH is 5. The second-order valence-corrected chi connectivity index (χ2v) is 20.7. The maximum atomic E-state index is 14.4. The number of hydrogen-bond acceptors (Lipinski definition) is 11. The molecule has 0 fully saturated rings. The summed E-state index contributed by atoms with van der Waals surface area (Å²) in [5, 5.41) is 58.5. The number of nitrogens with two attached hydrogens (primary N) is 2. The summed E-state index contributed by atoms with van der Waals surface area (Å²) in [5.41, 5.74) is 14.7. The first kappa shape index (κ1) is 61.8. The third-order valence-electron chi connectivity index (χ3n) is 14.1. The minimum atomic E-state index is -1.09. The summed E-state index contributed by atoms with van der Waals surface area (Å²) in [4.78, 5) is 48.6. The highest BCUT2D eigenvalue weighted by molar-refractivity contribution is 6.03. The Morgan fingerprint density at radius 1 is 0.630 bits per heavy atom. The minimum absolute atomic E-state index is 0.0362. The lowest BCUT2D eigenvalue weighted by Gasteiger charge is -2.30. The van der Waals surface area contributed by atoms with Gasteiger partial charge in [-0.15, -0.1) is 0 Å². The van der Waals surface area contributed by atoms with E-state index in [1.54, 1.807) is 58.9 Å². The number of primary amides is 2. The van der Waals surface area contributed by atoms with Gasteiger partial charge in [0.05, 0.1) is 18.3 Å². The monoisotopic (exact) mass is 1020 g/mol. The van der Waals surface area contributed by atoms with Gasteiger partial charge in [-0.25, -0.2) is 18.4 Å². The van der Waals surface area contributed by atoms with Crippen LogP contribution in [0.5, 0.6) is 0 Å². The van der Waals surface area contributed by atoms with Crippen molar-refractivity contribution in [3.8, 4) is 0 Å². The van der Waals surface area contributed by atoms with Gasteiger partial charge in [0.15, 0.2) is 0 Å². The van der Waals surface area contributed by atoms with Crippen LogP contribution in [0.25, 0.3) is 0 Å². The molecule has 2 heterocycles. The molecule has 2 aromatic carbocycles. The van der Waals surface area contributed by atoms with Crippen LogP contribution < -0.4 is 22.1 Å². The molecule has 2 aliphatic heterocycles. The second-order valence-electron chi connectivity index (χ2n) is 20.7. The largest absolute Gasteiger partial charge is 0.442 e. The predicted octanol–water partition coefficient (Wildman–Crippen LogP) is 8.94. The highest BCUT2D eigenvalue weighted by Gasteiger charge is 2.31. The summed E-state index contributed by atoms with van der Waals surface area (Å²) in [6.45, 7) is 17.7. The van der Waals surface area contributed by atoms with E-state index in [2.05, 4.69) is 10.6 Å². The number of hydrogen-bond donors (Lipinski definition) is 9. The zero-order chi connectivity index (χ0) is 54.9. The first-order chi connectivity index (χ1) is 34.2. The van der Waals surface area contributed by atoms with Crippen LogP contribution in [0.3, 0.4) is 0 Å². The molecule has 2 aliphatic rings. The maximum absolute atomic E-state index is 14.4. The Hall–Kier alpha value is -5.46. The molecule has 4 bridgehead atoms. The number of aliphatic hydroxyl groups is 5. The quantitative estimate of drug-likeness (QED) is 0.131. The highest BCUT2D eigenvalue weighted by atomic mass is 19.1. The van der Waals surface area contributed by atoms with Gasteiger partial charge in [-0.1, -0.05) is 65.8 Å². The van der Waals surface area contributed by atoms with Crippen LogP contribution in [0.4, 0.5) is 29.7 Å². The topological polar surface area (TPSA) is 264 Å². The minimum Gasteiger partial charge on any atom is -0.442 e. The lowest BCUT2D eigenvalue weighted by atomic mass is 9.81. The fourth-order valence-corrected chi connectivity index (χ4v) is 9.99. The predicted molar refractivity (Wildman–Crippen MR) is 279 cm³/mol. The van der Waals surface area contributed by atoms with Gasteiger partial charge < -0.3 is 57.1 Å². The number of fused-ring (bicyclic) bond motifs is 4. The van der Waals surface area contributed by atoms with Crippen LogP contribution in [0.15, 0.2) is 83.0 Å². The number of halogens is 2. The summed E-state index contributed by atoms with van der Waals surface area (Å²) < 4.78 is 39.5. The average molecular weight is 1030 g/mol. The molecule has 0 saturated heterocycles. The molecule has 0 aromatic heterocycles. The number of allylic oxidation sites excluding steroid dienone is 2. The third kappa shape index (κ3) is 19.7. The normalized spacial score (nSPS) is 32.7. The van der Waals surface area contributed by atoms with Crippen molar-refractivity contribution in [2.45, 2.75) is 145 Å². The Kier molecular flexibility index (Phi) is 24.9. The Balaban J connectivity index is 0.000000385. The number of carbonyl (C=O) groups excluding carboxylic acids is 4. The smallest absolute Gasteiger partial charge is 0.405 e. The van der Waals surface area contributed by atoms with Gasteiger partial charge in [-0.2, -0.15) is 0 Å². The number of amides is 4. The van der Waals surface area contributed by atoms with E-state index in [0.29, 0.717) is 60.9 Å². The Morgan fingerprint density at radius 3 is 1.49 bits per heavy atom. The summed E-state index contributed by atoms with van der Waals surface area (Å²) in [6.07, 6.45) is 4.94. The molecule has 13 atom stereocenters. The molecular weight excluding hydrogens is 943 g/mol. The van der Waals surface area contributed by atoms with Gasteiger partial charge in [0.2, 0.25) is 0 Å². The third-order valence-corrected chi connectivity index (χ3v) is 14.1. The van der Waals surface area contributed by atoms with Gasteiger partial charge in [0.25, 0.3) is 11.8 Å². The van der Waals surface area contributed by atoms with Gasteiger partial charge in [-0.05, 0) is 155 Å². The molecular formula is C56H82F2N4O11. The molecule has 73 heavy (non-hydrogen) atoms. The van der Waals surface area contributed by atoms with E-state index in [9.17, 15) is 53.5 Å². The van der Waals surface area contributed by atoms with Crippen molar-refractivity contribution in [2.75, 3.05) is 23.8 Å².